The quantitative estimate of drug-likeness (QED) is 0.115. The molecule has 1 aliphatic heterocycles. The van der Waals surface area contributed by atoms with Crippen LogP contribution in [-0.2, 0) is 44.7 Å². The average molecular weight is 721 g/mol. The molecule has 4 aromatic rings. The van der Waals surface area contributed by atoms with Gasteiger partial charge in [0.1, 0.15) is 12.4 Å². The van der Waals surface area contributed by atoms with Gasteiger partial charge in [-0.3, -0.25) is 9.59 Å². The van der Waals surface area contributed by atoms with E-state index in [2.05, 4.69) is 29.6 Å². The van der Waals surface area contributed by atoms with E-state index in [4.69, 9.17) is 14.2 Å². The number of hydrogen-bond acceptors (Lipinski definition) is 7. The topological polar surface area (TPSA) is 118 Å². The zero-order valence-electron chi connectivity index (χ0n) is 30.5. The zero-order chi connectivity index (χ0) is 37.0. The minimum Gasteiger partial charge on any atom is -0.491 e. The third-order valence-electron chi connectivity index (χ3n) is 10.4. The lowest BCUT2D eigenvalue weighted by Gasteiger charge is -2.29. The first-order valence-corrected chi connectivity index (χ1v) is 18.8. The minimum absolute atomic E-state index is 0.0419. The summed E-state index contributed by atoms with van der Waals surface area (Å²) in [4.78, 5) is 30.0. The lowest BCUT2D eigenvalue weighted by atomic mass is 9.91. The number of rotatable bonds is 19. The molecular formula is C44H52N2O7. The Balaban J connectivity index is 1.16. The summed E-state index contributed by atoms with van der Waals surface area (Å²) < 4.78 is 16.3. The maximum atomic E-state index is 14.1. The number of β-amino-alcohol motifs (C(OH)–C–C–N with tert-alkyl or cyclic N) is 1. The predicted octanol–water partition coefficient (Wildman–Crippen LogP) is 5.12. The molecule has 1 aliphatic carbocycles. The Morgan fingerprint density at radius 3 is 2.21 bits per heavy atom. The molecule has 280 valence electrons. The van der Waals surface area contributed by atoms with Crippen LogP contribution in [0.2, 0.25) is 0 Å². The molecule has 2 amide bonds. The summed E-state index contributed by atoms with van der Waals surface area (Å²) in [7, 11) is 1.63. The van der Waals surface area contributed by atoms with Crippen molar-refractivity contribution >= 4 is 11.8 Å². The number of aliphatic hydroxyl groups is 2. The second-order valence-corrected chi connectivity index (χ2v) is 14.3. The fraction of sp³-hybridized carbons (Fsp3) is 0.409. The summed E-state index contributed by atoms with van der Waals surface area (Å²) in [6.45, 7) is 2.02. The van der Waals surface area contributed by atoms with Crippen molar-refractivity contribution in [2.24, 2.45) is 11.8 Å². The summed E-state index contributed by atoms with van der Waals surface area (Å²) >= 11 is 0. The standard InChI is InChI=1S/C44H52N2O7/c1-51-20-21-52-22-23-53-39-18-16-33(17-19-39)24-35(43(49)45-42-40-15-9-8-14-34(40)29-41(42)48)28-38(47)30-46-37(26-32-12-6-3-7-13-32)27-36(44(46)50)25-31-10-4-2-5-11-31/h2-19,35-38,41-42,47-48H,20-30H2,1H3,(H,45,49)/t35-,36-,37-,38-,41+,42?/m0/s1. The smallest absolute Gasteiger partial charge is 0.226 e. The van der Waals surface area contributed by atoms with E-state index in [-0.39, 0.29) is 36.7 Å². The molecule has 9 nitrogen and oxygen atoms in total. The minimum atomic E-state index is -0.940. The first-order valence-electron chi connectivity index (χ1n) is 18.8. The highest BCUT2D eigenvalue weighted by Crippen LogP contribution is 2.33. The number of aliphatic hydroxyl groups excluding tert-OH is 2. The highest BCUT2D eigenvalue weighted by molar-refractivity contribution is 5.82. The second-order valence-electron chi connectivity index (χ2n) is 14.3. The van der Waals surface area contributed by atoms with Crippen molar-refractivity contribution in [2.75, 3.05) is 40.1 Å². The Hall–Kier alpha value is -4.54. The van der Waals surface area contributed by atoms with Gasteiger partial charge in [0, 0.05) is 38.0 Å². The first-order chi connectivity index (χ1) is 25.9. The molecule has 9 heteroatoms. The highest BCUT2D eigenvalue weighted by atomic mass is 16.5. The number of nitrogens with zero attached hydrogens (tertiary/aromatic N) is 1. The molecule has 0 radical (unpaired) electrons. The van der Waals surface area contributed by atoms with E-state index in [1.807, 2.05) is 89.8 Å². The number of amides is 2. The normalized spacial score (nSPS) is 20.6. The van der Waals surface area contributed by atoms with Crippen LogP contribution in [0.4, 0.5) is 0 Å². The van der Waals surface area contributed by atoms with Crippen molar-refractivity contribution in [3.05, 3.63) is 137 Å². The number of carbonyl (C=O) groups excluding carboxylic acids is 2. The number of ether oxygens (including phenoxy) is 3. The van der Waals surface area contributed by atoms with Gasteiger partial charge in [0.2, 0.25) is 11.8 Å². The third kappa shape index (κ3) is 10.5. The molecule has 1 heterocycles. The predicted molar refractivity (Wildman–Crippen MR) is 203 cm³/mol. The molecule has 1 saturated heterocycles. The van der Waals surface area contributed by atoms with Crippen LogP contribution in [0, 0.1) is 11.8 Å². The highest BCUT2D eigenvalue weighted by Gasteiger charge is 2.41. The van der Waals surface area contributed by atoms with Gasteiger partial charge < -0.3 is 34.6 Å². The van der Waals surface area contributed by atoms with Crippen LogP contribution in [0.25, 0.3) is 0 Å². The van der Waals surface area contributed by atoms with E-state index in [1.165, 1.54) is 0 Å². The second kappa shape index (κ2) is 19.0. The SMILES string of the molecule is COCCOCCOc1ccc(C[C@@H](C[C@H](O)CN2C(=O)[C@@H](Cc3ccccc3)C[C@@H]2Cc2ccccc2)C(=O)NC2c3ccccc3C[C@H]2O)cc1. The van der Waals surface area contributed by atoms with Crippen LogP contribution in [0.15, 0.2) is 109 Å². The van der Waals surface area contributed by atoms with Crippen molar-refractivity contribution in [1.29, 1.82) is 0 Å². The number of carbonyl (C=O) groups is 2. The van der Waals surface area contributed by atoms with Crippen molar-refractivity contribution < 1.29 is 34.0 Å². The van der Waals surface area contributed by atoms with E-state index in [9.17, 15) is 19.8 Å². The summed E-state index contributed by atoms with van der Waals surface area (Å²) in [6, 6.07) is 35.0. The van der Waals surface area contributed by atoms with Crippen molar-refractivity contribution in [3.8, 4) is 5.75 Å². The van der Waals surface area contributed by atoms with Gasteiger partial charge in [0.15, 0.2) is 0 Å². The van der Waals surface area contributed by atoms with Crippen LogP contribution in [0.3, 0.4) is 0 Å². The maximum Gasteiger partial charge on any atom is 0.226 e. The number of benzene rings is 4. The Morgan fingerprint density at radius 2 is 1.49 bits per heavy atom. The molecule has 3 N–H and O–H groups in total. The Morgan fingerprint density at radius 1 is 0.830 bits per heavy atom. The van der Waals surface area contributed by atoms with Gasteiger partial charge in [0.05, 0.1) is 38.1 Å². The molecule has 53 heavy (non-hydrogen) atoms. The zero-order valence-corrected chi connectivity index (χ0v) is 30.5. The fourth-order valence-electron chi connectivity index (χ4n) is 7.76. The third-order valence-corrected chi connectivity index (χ3v) is 10.4. The van der Waals surface area contributed by atoms with Crippen LogP contribution < -0.4 is 10.1 Å². The van der Waals surface area contributed by atoms with E-state index >= 15 is 0 Å². The molecule has 0 aromatic heterocycles. The van der Waals surface area contributed by atoms with Crippen LogP contribution in [-0.4, -0.2) is 85.3 Å². The van der Waals surface area contributed by atoms with E-state index in [0.717, 1.165) is 27.8 Å². The molecular weight excluding hydrogens is 668 g/mol. The summed E-state index contributed by atoms with van der Waals surface area (Å²) in [6.07, 6.45) is 1.35. The van der Waals surface area contributed by atoms with Crippen LogP contribution in [0.5, 0.6) is 5.75 Å². The number of likely N-dealkylation sites (tertiary alicyclic amines) is 1. The number of methoxy groups -OCH3 is 1. The molecule has 2 aliphatic rings. The van der Waals surface area contributed by atoms with Gasteiger partial charge in [0.25, 0.3) is 0 Å². The molecule has 6 atom stereocenters. The molecule has 0 saturated carbocycles. The Labute approximate surface area is 312 Å². The Kier molecular flexibility index (Phi) is 13.7. The molecule has 4 aromatic carbocycles. The van der Waals surface area contributed by atoms with Gasteiger partial charge in [-0.2, -0.15) is 0 Å². The largest absolute Gasteiger partial charge is 0.491 e. The summed E-state index contributed by atoms with van der Waals surface area (Å²) in [5.74, 6) is -0.303. The van der Waals surface area contributed by atoms with Crippen molar-refractivity contribution in [1.82, 2.24) is 10.2 Å². The molecule has 6 rings (SSSR count). The van der Waals surface area contributed by atoms with Gasteiger partial charge >= 0.3 is 0 Å². The number of nitrogens with one attached hydrogen (secondary N) is 1. The average Bonchev–Trinajstić information content (AvgIpc) is 3.64. The number of hydrogen-bond donors (Lipinski definition) is 3. The van der Waals surface area contributed by atoms with E-state index in [0.29, 0.717) is 64.3 Å². The Bertz CT molecular complexity index is 1740. The van der Waals surface area contributed by atoms with Gasteiger partial charge in [-0.1, -0.05) is 97.1 Å². The molecule has 1 unspecified atom stereocenters. The molecule has 0 spiro atoms. The van der Waals surface area contributed by atoms with Gasteiger partial charge in [-0.25, -0.2) is 0 Å². The molecule has 1 fully saturated rings. The van der Waals surface area contributed by atoms with Crippen LogP contribution in [0.1, 0.15) is 46.7 Å². The van der Waals surface area contributed by atoms with Gasteiger partial charge in [-0.05, 0) is 72.1 Å². The van der Waals surface area contributed by atoms with Crippen molar-refractivity contribution in [2.45, 2.75) is 62.8 Å². The fourth-order valence-corrected chi connectivity index (χ4v) is 7.76. The molecule has 0 bridgehead atoms. The maximum absolute atomic E-state index is 14.1. The lowest BCUT2D eigenvalue weighted by molar-refractivity contribution is -0.133. The van der Waals surface area contributed by atoms with Gasteiger partial charge in [-0.15, -0.1) is 0 Å². The van der Waals surface area contributed by atoms with E-state index in [1.54, 1.807) is 7.11 Å². The first kappa shape index (κ1) is 38.2. The van der Waals surface area contributed by atoms with Crippen molar-refractivity contribution in [3.63, 3.8) is 0 Å². The number of fused-ring (bicyclic) bond motifs is 1. The summed E-state index contributed by atoms with van der Waals surface area (Å²) in [5.41, 5.74) is 5.10. The van der Waals surface area contributed by atoms with E-state index < -0.39 is 24.2 Å². The lowest BCUT2D eigenvalue weighted by Crippen LogP contribution is -2.43. The monoisotopic (exact) mass is 720 g/mol. The summed E-state index contributed by atoms with van der Waals surface area (Å²) in [5, 5.41) is 25.8. The van der Waals surface area contributed by atoms with Crippen LogP contribution >= 0.6 is 0 Å².